The average Bonchev–Trinajstić information content (AvgIpc) is 2.49. The summed E-state index contributed by atoms with van der Waals surface area (Å²) in [6, 6.07) is 8.73. The van der Waals surface area contributed by atoms with Gasteiger partial charge in [0.2, 0.25) is 0 Å². The number of hydrogen-bond acceptors (Lipinski definition) is 4. The van der Waals surface area contributed by atoms with Crippen LogP contribution in [0.25, 0.3) is 0 Å². The summed E-state index contributed by atoms with van der Waals surface area (Å²) in [5.74, 6) is 0. The lowest BCUT2D eigenvalue weighted by Gasteiger charge is -2.39. The maximum absolute atomic E-state index is 12.8. The highest BCUT2D eigenvalue weighted by Crippen LogP contribution is 2.26. The van der Waals surface area contributed by atoms with Gasteiger partial charge in [0.05, 0.1) is 10.1 Å². The van der Waals surface area contributed by atoms with Crippen molar-refractivity contribution in [1.82, 2.24) is 4.90 Å². The SMILES string of the molecule is CCN1CCCCC1C(CN)S(=O)(=O)c1ccccc1. The molecular weight excluding hydrogens is 272 g/mol. The van der Waals surface area contributed by atoms with Gasteiger partial charge in [-0.2, -0.15) is 0 Å². The molecule has 20 heavy (non-hydrogen) atoms. The summed E-state index contributed by atoms with van der Waals surface area (Å²) in [6.07, 6.45) is 3.15. The average molecular weight is 296 g/mol. The predicted octanol–water partition coefficient (Wildman–Crippen LogP) is 1.66. The van der Waals surface area contributed by atoms with E-state index in [1.165, 1.54) is 0 Å². The normalized spacial score (nSPS) is 22.6. The fraction of sp³-hybridized carbons (Fsp3) is 0.600. The first-order chi connectivity index (χ1) is 9.61. The molecule has 0 radical (unpaired) electrons. The molecule has 5 heteroatoms. The Morgan fingerprint density at radius 2 is 2.00 bits per heavy atom. The van der Waals surface area contributed by atoms with Crippen LogP contribution in [0.2, 0.25) is 0 Å². The molecule has 0 aromatic heterocycles. The third-order valence-electron chi connectivity index (χ3n) is 4.20. The van der Waals surface area contributed by atoms with Gasteiger partial charge < -0.3 is 5.73 Å². The summed E-state index contributed by atoms with van der Waals surface area (Å²) in [5.41, 5.74) is 5.84. The number of benzene rings is 1. The molecule has 2 rings (SSSR count). The molecule has 0 aliphatic carbocycles. The molecule has 0 spiro atoms. The number of sulfone groups is 1. The first-order valence-electron chi connectivity index (χ1n) is 7.34. The van der Waals surface area contributed by atoms with E-state index in [0.29, 0.717) is 4.90 Å². The minimum Gasteiger partial charge on any atom is -0.329 e. The van der Waals surface area contributed by atoms with E-state index >= 15 is 0 Å². The van der Waals surface area contributed by atoms with Crippen molar-refractivity contribution in [1.29, 1.82) is 0 Å². The van der Waals surface area contributed by atoms with E-state index in [0.717, 1.165) is 32.4 Å². The zero-order valence-electron chi connectivity index (χ0n) is 12.0. The summed E-state index contributed by atoms with van der Waals surface area (Å²) in [6.45, 7) is 4.12. The number of nitrogens with zero attached hydrogens (tertiary/aromatic N) is 1. The number of piperidine rings is 1. The lowest BCUT2D eigenvalue weighted by atomic mass is 9.99. The second-order valence-electron chi connectivity index (χ2n) is 5.32. The standard InChI is InChI=1S/C15H24N2O2S/c1-2-17-11-7-6-10-14(17)15(12-16)20(18,19)13-8-4-3-5-9-13/h3-5,8-9,14-15H,2,6-7,10-12,16H2,1H3. The quantitative estimate of drug-likeness (QED) is 0.897. The summed E-state index contributed by atoms with van der Waals surface area (Å²) >= 11 is 0. The largest absolute Gasteiger partial charge is 0.329 e. The summed E-state index contributed by atoms with van der Waals surface area (Å²) in [7, 11) is -3.36. The molecule has 1 fully saturated rings. The van der Waals surface area contributed by atoms with Gasteiger partial charge in [0, 0.05) is 12.6 Å². The third-order valence-corrected chi connectivity index (χ3v) is 6.44. The monoisotopic (exact) mass is 296 g/mol. The summed E-state index contributed by atoms with van der Waals surface area (Å²) < 4.78 is 25.6. The zero-order chi connectivity index (χ0) is 14.6. The van der Waals surface area contributed by atoms with E-state index in [-0.39, 0.29) is 12.6 Å². The lowest BCUT2D eigenvalue weighted by Crippen LogP contribution is -2.52. The van der Waals surface area contributed by atoms with Crippen molar-refractivity contribution in [2.75, 3.05) is 19.6 Å². The van der Waals surface area contributed by atoms with E-state index in [9.17, 15) is 8.42 Å². The summed E-state index contributed by atoms with van der Waals surface area (Å²) in [4.78, 5) is 2.65. The Kier molecular flexibility index (Phi) is 5.18. The van der Waals surface area contributed by atoms with Crippen LogP contribution < -0.4 is 5.73 Å². The van der Waals surface area contributed by atoms with E-state index < -0.39 is 15.1 Å². The Balaban J connectivity index is 2.31. The smallest absolute Gasteiger partial charge is 0.184 e. The highest BCUT2D eigenvalue weighted by Gasteiger charge is 2.37. The lowest BCUT2D eigenvalue weighted by molar-refractivity contribution is 0.152. The number of rotatable bonds is 5. The molecule has 1 aliphatic heterocycles. The van der Waals surface area contributed by atoms with Gasteiger partial charge in [-0.25, -0.2) is 8.42 Å². The maximum Gasteiger partial charge on any atom is 0.184 e. The Bertz CT molecular complexity index is 516. The van der Waals surface area contributed by atoms with Crippen LogP contribution >= 0.6 is 0 Å². The van der Waals surface area contributed by atoms with Crippen molar-refractivity contribution >= 4 is 9.84 Å². The van der Waals surface area contributed by atoms with Crippen LogP contribution in [0.4, 0.5) is 0 Å². The number of likely N-dealkylation sites (tertiary alicyclic amines) is 1. The van der Waals surface area contributed by atoms with Crippen LogP contribution in [0.3, 0.4) is 0 Å². The van der Waals surface area contributed by atoms with Gasteiger partial charge in [0.15, 0.2) is 9.84 Å². The number of hydrogen-bond donors (Lipinski definition) is 1. The molecule has 0 saturated carbocycles. The van der Waals surface area contributed by atoms with Gasteiger partial charge in [-0.3, -0.25) is 4.90 Å². The first kappa shape index (κ1) is 15.5. The van der Waals surface area contributed by atoms with Crippen molar-refractivity contribution in [2.45, 2.75) is 42.4 Å². The van der Waals surface area contributed by atoms with Crippen molar-refractivity contribution in [3.05, 3.63) is 30.3 Å². The van der Waals surface area contributed by atoms with Gasteiger partial charge in [-0.15, -0.1) is 0 Å². The summed E-state index contributed by atoms with van der Waals surface area (Å²) in [5, 5.41) is -0.509. The van der Waals surface area contributed by atoms with E-state index in [1.54, 1.807) is 24.3 Å². The molecule has 0 amide bonds. The molecule has 1 aromatic rings. The Labute approximate surface area is 121 Å². The molecule has 1 heterocycles. The molecule has 1 aliphatic rings. The van der Waals surface area contributed by atoms with Crippen LogP contribution in [-0.2, 0) is 9.84 Å². The fourth-order valence-corrected chi connectivity index (χ4v) is 4.97. The molecular formula is C15H24N2O2S. The van der Waals surface area contributed by atoms with Crippen LogP contribution in [0.5, 0.6) is 0 Å². The van der Waals surface area contributed by atoms with Crippen molar-refractivity contribution < 1.29 is 8.42 Å². The second kappa shape index (κ2) is 6.70. The first-order valence-corrected chi connectivity index (χ1v) is 8.89. The molecule has 2 N–H and O–H groups in total. The third kappa shape index (κ3) is 3.05. The minimum atomic E-state index is -3.36. The van der Waals surface area contributed by atoms with E-state index in [4.69, 9.17) is 5.73 Å². The minimum absolute atomic E-state index is 0.0453. The Hall–Kier alpha value is -0.910. The zero-order valence-corrected chi connectivity index (χ0v) is 12.8. The van der Waals surface area contributed by atoms with Crippen LogP contribution in [-0.4, -0.2) is 44.2 Å². The van der Waals surface area contributed by atoms with Gasteiger partial charge in [0.1, 0.15) is 0 Å². The van der Waals surface area contributed by atoms with Crippen LogP contribution in [0.15, 0.2) is 35.2 Å². The Morgan fingerprint density at radius 3 is 2.60 bits per heavy atom. The Morgan fingerprint density at radius 1 is 1.30 bits per heavy atom. The van der Waals surface area contributed by atoms with Gasteiger partial charge >= 0.3 is 0 Å². The number of nitrogens with two attached hydrogens (primary N) is 1. The predicted molar refractivity (Wildman–Crippen MR) is 81.4 cm³/mol. The van der Waals surface area contributed by atoms with Crippen LogP contribution in [0.1, 0.15) is 26.2 Å². The molecule has 4 nitrogen and oxygen atoms in total. The maximum atomic E-state index is 12.8. The van der Waals surface area contributed by atoms with Gasteiger partial charge in [0.25, 0.3) is 0 Å². The van der Waals surface area contributed by atoms with Crippen molar-refractivity contribution in [3.8, 4) is 0 Å². The molecule has 112 valence electrons. The highest BCUT2D eigenvalue weighted by atomic mass is 32.2. The van der Waals surface area contributed by atoms with E-state index in [2.05, 4.69) is 11.8 Å². The van der Waals surface area contributed by atoms with Crippen molar-refractivity contribution in [3.63, 3.8) is 0 Å². The fourth-order valence-electron chi connectivity index (χ4n) is 3.11. The molecule has 2 unspecified atom stereocenters. The molecule has 1 aromatic carbocycles. The topological polar surface area (TPSA) is 63.4 Å². The van der Waals surface area contributed by atoms with Gasteiger partial charge in [-0.05, 0) is 38.1 Å². The van der Waals surface area contributed by atoms with Gasteiger partial charge in [-0.1, -0.05) is 31.5 Å². The molecule has 2 atom stereocenters. The van der Waals surface area contributed by atoms with Crippen molar-refractivity contribution in [2.24, 2.45) is 5.73 Å². The second-order valence-corrected chi connectivity index (χ2v) is 7.49. The highest BCUT2D eigenvalue weighted by molar-refractivity contribution is 7.92. The van der Waals surface area contributed by atoms with E-state index in [1.807, 2.05) is 6.07 Å². The molecule has 0 bridgehead atoms. The molecule has 1 saturated heterocycles. The van der Waals surface area contributed by atoms with Crippen LogP contribution in [0, 0.1) is 0 Å².